The Hall–Kier alpha value is -8.62. The van der Waals surface area contributed by atoms with E-state index in [4.69, 9.17) is 14.2 Å². The first-order chi connectivity index (χ1) is 41.1. The van der Waals surface area contributed by atoms with E-state index in [1.165, 1.54) is 77.4 Å². The van der Waals surface area contributed by atoms with Gasteiger partial charge in [-0.3, -0.25) is 29.4 Å². The third kappa shape index (κ3) is 7.59. The predicted molar refractivity (Wildman–Crippen MR) is 303 cm³/mol. The van der Waals surface area contributed by atoms with Crippen molar-refractivity contribution in [3.8, 4) is 0 Å². The predicted octanol–water partition coefficient (Wildman–Crippen LogP) is 7.38. The Morgan fingerprint density at radius 3 is 1.56 bits per heavy atom. The number of H-pyrrole nitrogens is 2. The lowest BCUT2D eigenvalue weighted by Crippen LogP contribution is -2.56. The number of imide groups is 2. The van der Waals surface area contributed by atoms with E-state index in [1.54, 1.807) is 4.57 Å². The maximum Gasteiger partial charge on any atom is 0.262 e. The van der Waals surface area contributed by atoms with Gasteiger partial charge in [-0.25, -0.2) is 17.6 Å². The Morgan fingerprint density at radius 2 is 1.02 bits per heavy atom. The molecule has 1 unspecified atom stereocenters. The molecule has 0 aliphatic carbocycles. The maximum atomic E-state index is 15.0. The van der Waals surface area contributed by atoms with Gasteiger partial charge in [-0.2, -0.15) is 0 Å². The molecule has 86 heavy (non-hydrogen) atoms. The van der Waals surface area contributed by atoms with E-state index in [0.29, 0.717) is 60.1 Å². The minimum atomic E-state index is -1.74. The van der Waals surface area contributed by atoms with E-state index < -0.39 is 115 Å². The van der Waals surface area contributed by atoms with Crippen LogP contribution < -0.4 is 5.32 Å². The summed E-state index contributed by atoms with van der Waals surface area (Å²) in [4.78, 5) is 62.7. The lowest BCUT2D eigenvalue weighted by atomic mass is 9.87. The highest BCUT2D eigenvalue weighted by Crippen LogP contribution is 2.50. The molecule has 19 nitrogen and oxygen atoms in total. The number of carbonyl (C=O) groups is 4. The van der Waals surface area contributed by atoms with Crippen molar-refractivity contribution in [2.24, 2.45) is 0 Å². The van der Waals surface area contributed by atoms with Gasteiger partial charge in [-0.1, -0.05) is 45.0 Å². The smallest absolute Gasteiger partial charge is 0.262 e. The van der Waals surface area contributed by atoms with Gasteiger partial charge in [-0.05, 0) is 89.3 Å². The minimum Gasteiger partial charge on any atom is -0.394 e. The van der Waals surface area contributed by atoms with E-state index >= 15 is 4.39 Å². The second kappa shape index (κ2) is 18.9. The molecule has 5 aliphatic rings. The highest BCUT2D eigenvalue weighted by Gasteiger charge is 2.52. The number of nitrogens with zero attached hydrogens (tertiary/aromatic N) is 3. The van der Waals surface area contributed by atoms with Gasteiger partial charge in [0.2, 0.25) is 0 Å². The fourth-order valence-corrected chi connectivity index (χ4v) is 13.7. The molecule has 438 valence electrons. The van der Waals surface area contributed by atoms with Crippen LogP contribution >= 0.6 is 0 Å². The molecule has 23 heteroatoms. The van der Waals surface area contributed by atoms with Crippen molar-refractivity contribution in [2.75, 3.05) is 13.2 Å². The number of rotatable bonds is 5. The first-order valence-corrected chi connectivity index (χ1v) is 27.7. The van der Waals surface area contributed by atoms with Crippen LogP contribution in [0.4, 0.5) is 17.6 Å². The number of fused-ring (bicyclic) bond motifs is 22. The molecule has 9 heterocycles. The van der Waals surface area contributed by atoms with Crippen molar-refractivity contribution in [1.29, 1.82) is 0 Å². The number of carbonyl (C=O) groups excluding carboxylic acids is 4. The van der Waals surface area contributed by atoms with Gasteiger partial charge in [0, 0.05) is 54.1 Å². The van der Waals surface area contributed by atoms with Crippen LogP contribution in [0, 0.1) is 23.3 Å². The molecule has 16 rings (SSSR count). The van der Waals surface area contributed by atoms with Crippen molar-refractivity contribution in [3.63, 3.8) is 0 Å². The van der Waals surface area contributed by atoms with Crippen LogP contribution in [0.15, 0.2) is 97.1 Å². The fourth-order valence-electron chi connectivity index (χ4n) is 13.7. The molecule has 5 aliphatic heterocycles. The molecule has 0 radical (unpaired) electrons. The van der Waals surface area contributed by atoms with Gasteiger partial charge in [0.05, 0.1) is 75.1 Å². The maximum absolute atomic E-state index is 15.0. The van der Waals surface area contributed by atoms with Crippen LogP contribution in [-0.2, 0) is 26.2 Å². The van der Waals surface area contributed by atoms with E-state index in [1.807, 2.05) is 24.3 Å². The zero-order chi connectivity index (χ0) is 60.0. The lowest BCUT2D eigenvalue weighted by molar-refractivity contribution is -0.249. The van der Waals surface area contributed by atoms with Crippen LogP contribution in [0.2, 0.25) is 0 Å². The van der Waals surface area contributed by atoms with E-state index in [2.05, 4.69) is 36.1 Å². The molecular weight excluding hydrogens is 1120 g/mol. The second-order valence-corrected chi connectivity index (χ2v) is 23.6. The van der Waals surface area contributed by atoms with Crippen LogP contribution in [0.1, 0.15) is 85.8 Å². The van der Waals surface area contributed by atoms with Crippen LogP contribution in [0.3, 0.4) is 0 Å². The molecule has 10 atom stereocenters. The Balaban J connectivity index is 0.000000151. The molecule has 11 aromatic rings. The molecule has 4 amide bonds. The van der Waals surface area contributed by atoms with Crippen molar-refractivity contribution in [3.05, 3.63) is 154 Å². The second-order valence-electron chi connectivity index (χ2n) is 23.6. The molecule has 0 saturated carbocycles. The molecule has 7 aromatic carbocycles. The third-order valence-corrected chi connectivity index (χ3v) is 17.7. The summed E-state index contributed by atoms with van der Waals surface area (Å²) >= 11 is 0. The van der Waals surface area contributed by atoms with Crippen molar-refractivity contribution < 1.29 is 81.6 Å². The summed E-state index contributed by atoms with van der Waals surface area (Å²) in [5.74, 6) is -4.86. The number of aromatic nitrogens is 4. The zero-order valence-electron chi connectivity index (χ0n) is 45.5. The Morgan fingerprint density at radius 1 is 0.547 bits per heavy atom. The van der Waals surface area contributed by atoms with Gasteiger partial charge in [0.25, 0.3) is 23.6 Å². The summed E-state index contributed by atoms with van der Waals surface area (Å²) < 4.78 is 79.5. The highest BCUT2D eigenvalue weighted by atomic mass is 19.1. The van der Waals surface area contributed by atoms with E-state index in [9.17, 15) is 63.0 Å². The molecule has 4 aromatic heterocycles. The van der Waals surface area contributed by atoms with Gasteiger partial charge in [-0.15, -0.1) is 0 Å². The van der Waals surface area contributed by atoms with Crippen LogP contribution in [0.25, 0.3) is 87.2 Å². The van der Waals surface area contributed by atoms with Crippen LogP contribution in [0.5, 0.6) is 0 Å². The zero-order valence-corrected chi connectivity index (χ0v) is 45.5. The fraction of sp³-hybridized carbons (Fsp3) is 0.270. The number of ether oxygens (including phenoxy) is 3. The summed E-state index contributed by atoms with van der Waals surface area (Å²) in [7, 11) is 0. The molecular formula is C63H50F4N6O13. The number of aliphatic hydroxyl groups is 6. The van der Waals surface area contributed by atoms with E-state index in [-0.39, 0.29) is 73.5 Å². The minimum absolute atomic E-state index is 0.0211. The van der Waals surface area contributed by atoms with Crippen molar-refractivity contribution in [1.82, 2.24) is 29.3 Å². The number of amides is 4. The number of hydrogen-bond donors (Lipinski definition) is 9. The van der Waals surface area contributed by atoms with E-state index in [0.717, 1.165) is 10.5 Å². The van der Waals surface area contributed by atoms with Gasteiger partial charge < -0.3 is 64.0 Å². The Bertz CT molecular complexity index is 4830. The Labute approximate surface area is 481 Å². The number of halogens is 4. The number of aromatic amines is 2. The normalized spacial score (nSPS) is 24.9. The SMILES string of the molecule is CC(C)(C)c1ccc(CN2C(=O)c3c(c4c5cc(F)ccc5n([C@@H]5O[C@H](CO)[C@@H](O)[C@H](O)[C@H]5O)c4c4[nH]c5ccc(F)cc5c34)C2=O)cc1.O=C1NC(=O)c2c1c1c3cc(F)ccc3[nH]c1c1c2c2cc(F)ccc2n1[C@@H]1O[C@@H]2CO[C@@H](C2O)[C@H]1O. The molecule has 3 saturated heterocycles. The van der Waals surface area contributed by atoms with Crippen molar-refractivity contribution >= 4 is 111 Å². The number of aliphatic hydroxyl groups excluding tert-OH is 6. The molecule has 9 N–H and O–H groups in total. The van der Waals surface area contributed by atoms with Crippen molar-refractivity contribution in [2.45, 2.75) is 94.0 Å². The Kier molecular flexibility index (Phi) is 11.9. The first-order valence-electron chi connectivity index (χ1n) is 27.7. The monoisotopic (exact) mass is 1170 g/mol. The summed E-state index contributed by atoms with van der Waals surface area (Å²) in [6.45, 7) is 5.57. The first kappa shape index (κ1) is 54.1. The molecule has 0 spiro atoms. The van der Waals surface area contributed by atoms with Gasteiger partial charge >= 0.3 is 0 Å². The topological polar surface area (TPSA) is 274 Å². The van der Waals surface area contributed by atoms with Gasteiger partial charge in [0.1, 0.15) is 72.1 Å². The number of hydrogen-bond acceptors (Lipinski definition) is 13. The number of benzene rings is 7. The van der Waals surface area contributed by atoms with Crippen LogP contribution in [-0.4, -0.2) is 140 Å². The highest BCUT2D eigenvalue weighted by molar-refractivity contribution is 6.41. The standard InChI is InChI=1S/C37H33F2N3O7.C26H17F2N3O6/c1-37(2,3)17-6-4-16(5-7-17)14-41-34(47)27-25-20-12-18(38)8-10-22(20)40-29(25)30-26(28(27)35(41)48)21-13-19(39)9-11-23(21)42(30)36-33(46)32(45)31(44)24(15-43)49-36;27-8-1-3-12-10(5-8)15-17-18(25(35)30-24(17)34)16-11-6-9(28)2-4-13(11)31(20(16)19(15)29-12)26-22(33)23-21(32)14(37-26)7-36-23/h4-13,24,31-33,36,40,43-46H,14-15H2,1-3H3;1-6,14,21-23,26,29,32-33H,7H2,(H,30,34,35)/t24-,31-,32+,33-,36-;14-,21?,22-,23+,26-/m11/s1. The number of nitrogens with one attached hydrogen (secondary N) is 3. The average Bonchev–Trinajstić information content (AvgIpc) is 1.54. The largest absolute Gasteiger partial charge is 0.394 e. The quantitative estimate of drug-likeness (QED) is 0.0602. The summed E-state index contributed by atoms with van der Waals surface area (Å²) in [6, 6.07) is 23.5. The molecule has 3 fully saturated rings. The summed E-state index contributed by atoms with van der Waals surface area (Å²) in [5.41, 5.74) is 4.70. The summed E-state index contributed by atoms with van der Waals surface area (Å²) in [6.07, 6.45) is -12.9. The van der Waals surface area contributed by atoms with Gasteiger partial charge in [0.15, 0.2) is 12.5 Å². The average molecular weight is 1180 g/mol. The summed E-state index contributed by atoms with van der Waals surface area (Å²) in [5, 5.41) is 68.8. The molecule has 2 bridgehead atoms. The third-order valence-electron chi connectivity index (χ3n) is 17.7. The lowest BCUT2D eigenvalue weighted by Gasteiger charge is -2.41.